The first kappa shape index (κ1) is 19.2. The topological polar surface area (TPSA) is 61.9 Å². The lowest BCUT2D eigenvalue weighted by molar-refractivity contribution is -0.140. The van der Waals surface area contributed by atoms with Crippen molar-refractivity contribution >= 4 is 33.6 Å². The Labute approximate surface area is 163 Å². The fraction of sp³-hybridized carbons (Fsp3) is 0.579. The Morgan fingerprint density at radius 2 is 1.62 bits per heavy atom. The molecular weight excluding hydrogens is 398 g/mol. The van der Waals surface area contributed by atoms with Gasteiger partial charge in [-0.1, -0.05) is 15.9 Å². The first-order valence-electron chi connectivity index (χ1n) is 9.15. The predicted molar refractivity (Wildman–Crippen MR) is 104 cm³/mol. The molecule has 26 heavy (non-hydrogen) atoms. The molecule has 2 heterocycles. The average Bonchev–Trinajstić information content (AvgIpc) is 2.64. The van der Waals surface area contributed by atoms with E-state index in [1.54, 1.807) is 0 Å². The van der Waals surface area contributed by atoms with Crippen molar-refractivity contribution in [1.82, 2.24) is 9.80 Å². The van der Waals surface area contributed by atoms with E-state index in [-0.39, 0.29) is 17.9 Å². The van der Waals surface area contributed by atoms with Crippen LogP contribution in [0.5, 0.6) is 0 Å². The molecule has 0 spiro atoms. The third-order valence-corrected chi connectivity index (χ3v) is 5.64. The number of piperidine rings is 1. The van der Waals surface area contributed by atoms with Crippen LogP contribution < -0.4 is 5.32 Å². The number of urea groups is 1. The first-order valence-corrected chi connectivity index (χ1v) is 9.94. The van der Waals surface area contributed by atoms with Gasteiger partial charge in [0.05, 0.1) is 13.2 Å². The standard InChI is InChI=1S/C19H26BrN3O3/c1-13-11-16(20)12-14(2)17(13)21-19(25)23-5-3-15(4-6-23)18(24)22-7-9-26-10-8-22/h11-12,15H,3-10H2,1-2H3,(H,21,25). The molecule has 0 unspecified atom stereocenters. The van der Waals surface area contributed by atoms with Crippen LogP contribution in [0.15, 0.2) is 16.6 Å². The maximum Gasteiger partial charge on any atom is 0.321 e. The number of nitrogens with zero attached hydrogens (tertiary/aromatic N) is 2. The monoisotopic (exact) mass is 423 g/mol. The highest BCUT2D eigenvalue weighted by Crippen LogP contribution is 2.26. The number of morpholine rings is 1. The van der Waals surface area contributed by atoms with Gasteiger partial charge < -0.3 is 19.9 Å². The third kappa shape index (κ3) is 4.38. The molecule has 0 aromatic heterocycles. The molecule has 2 saturated heterocycles. The highest BCUT2D eigenvalue weighted by Gasteiger charge is 2.31. The summed E-state index contributed by atoms with van der Waals surface area (Å²) >= 11 is 3.48. The van der Waals surface area contributed by atoms with Crippen molar-refractivity contribution in [2.45, 2.75) is 26.7 Å². The van der Waals surface area contributed by atoms with Gasteiger partial charge in [0.1, 0.15) is 0 Å². The molecule has 3 rings (SSSR count). The summed E-state index contributed by atoms with van der Waals surface area (Å²) in [7, 11) is 0. The van der Waals surface area contributed by atoms with Crippen molar-refractivity contribution in [1.29, 1.82) is 0 Å². The summed E-state index contributed by atoms with van der Waals surface area (Å²) in [6.07, 6.45) is 1.45. The summed E-state index contributed by atoms with van der Waals surface area (Å²) in [5.41, 5.74) is 2.93. The van der Waals surface area contributed by atoms with Gasteiger partial charge in [-0.25, -0.2) is 4.79 Å². The van der Waals surface area contributed by atoms with Crippen LogP contribution in [0.3, 0.4) is 0 Å². The zero-order chi connectivity index (χ0) is 18.7. The molecule has 0 radical (unpaired) electrons. The Balaban J connectivity index is 1.54. The molecule has 3 amide bonds. The molecular formula is C19H26BrN3O3. The highest BCUT2D eigenvalue weighted by atomic mass is 79.9. The summed E-state index contributed by atoms with van der Waals surface area (Å²) in [4.78, 5) is 28.9. The van der Waals surface area contributed by atoms with E-state index in [0.29, 0.717) is 39.4 Å². The molecule has 142 valence electrons. The van der Waals surface area contributed by atoms with Crippen molar-refractivity contribution < 1.29 is 14.3 Å². The van der Waals surface area contributed by atoms with E-state index in [4.69, 9.17) is 4.74 Å². The van der Waals surface area contributed by atoms with E-state index < -0.39 is 0 Å². The Morgan fingerprint density at radius 1 is 1.04 bits per heavy atom. The molecule has 2 fully saturated rings. The first-order chi connectivity index (χ1) is 12.5. The normalized spacial score (nSPS) is 18.7. The van der Waals surface area contributed by atoms with Gasteiger partial charge in [-0.15, -0.1) is 0 Å². The molecule has 2 aliphatic heterocycles. The smallest absolute Gasteiger partial charge is 0.321 e. The third-order valence-electron chi connectivity index (χ3n) is 5.18. The number of nitrogens with one attached hydrogen (secondary N) is 1. The van der Waals surface area contributed by atoms with Gasteiger partial charge in [0.15, 0.2) is 0 Å². The number of halogens is 1. The average molecular weight is 424 g/mol. The second kappa shape index (κ2) is 8.39. The minimum Gasteiger partial charge on any atom is -0.378 e. The Morgan fingerprint density at radius 3 is 2.19 bits per heavy atom. The zero-order valence-electron chi connectivity index (χ0n) is 15.4. The Hall–Kier alpha value is -1.60. The fourth-order valence-corrected chi connectivity index (χ4v) is 4.35. The van der Waals surface area contributed by atoms with E-state index in [9.17, 15) is 9.59 Å². The maximum absolute atomic E-state index is 12.6. The van der Waals surface area contributed by atoms with Crippen molar-refractivity contribution in [2.75, 3.05) is 44.7 Å². The molecule has 1 aromatic rings. The minimum atomic E-state index is -0.0872. The quantitative estimate of drug-likeness (QED) is 0.794. The number of rotatable bonds is 2. The van der Waals surface area contributed by atoms with E-state index in [2.05, 4.69) is 21.2 Å². The number of hydrogen-bond acceptors (Lipinski definition) is 3. The minimum absolute atomic E-state index is 0.0216. The fourth-order valence-electron chi connectivity index (χ4n) is 3.67. The van der Waals surface area contributed by atoms with Crippen LogP contribution >= 0.6 is 15.9 Å². The summed E-state index contributed by atoms with van der Waals surface area (Å²) in [5, 5.41) is 3.04. The number of benzene rings is 1. The second-order valence-corrected chi connectivity index (χ2v) is 7.96. The second-order valence-electron chi connectivity index (χ2n) is 7.04. The van der Waals surface area contributed by atoms with Crippen LogP contribution in [-0.2, 0) is 9.53 Å². The molecule has 2 aliphatic rings. The molecule has 0 atom stereocenters. The van der Waals surface area contributed by atoms with Crippen molar-refractivity contribution in [3.63, 3.8) is 0 Å². The predicted octanol–water partition coefficient (Wildman–Crippen LogP) is 3.17. The number of aryl methyl sites for hydroxylation is 2. The van der Waals surface area contributed by atoms with Crippen LogP contribution in [0.25, 0.3) is 0 Å². The number of ether oxygens (including phenoxy) is 1. The number of carbonyl (C=O) groups excluding carboxylic acids is 2. The Kier molecular flexibility index (Phi) is 6.19. The number of likely N-dealkylation sites (tertiary alicyclic amines) is 1. The van der Waals surface area contributed by atoms with E-state index >= 15 is 0 Å². The summed E-state index contributed by atoms with van der Waals surface area (Å²) in [5.74, 6) is 0.237. The highest BCUT2D eigenvalue weighted by molar-refractivity contribution is 9.10. The molecule has 0 saturated carbocycles. The van der Waals surface area contributed by atoms with E-state index in [1.165, 1.54) is 0 Å². The van der Waals surface area contributed by atoms with E-state index in [0.717, 1.165) is 34.1 Å². The van der Waals surface area contributed by atoms with Gasteiger partial charge in [-0.05, 0) is 49.9 Å². The summed E-state index contributed by atoms with van der Waals surface area (Å²) < 4.78 is 6.32. The lowest BCUT2D eigenvalue weighted by atomic mass is 9.95. The molecule has 6 nitrogen and oxygen atoms in total. The SMILES string of the molecule is Cc1cc(Br)cc(C)c1NC(=O)N1CCC(C(=O)N2CCOCC2)CC1. The number of anilines is 1. The zero-order valence-corrected chi connectivity index (χ0v) is 17.0. The van der Waals surface area contributed by atoms with Gasteiger partial charge >= 0.3 is 6.03 Å². The lowest BCUT2D eigenvalue weighted by Gasteiger charge is -2.35. The maximum atomic E-state index is 12.6. The summed E-state index contributed by atoms with van der Waals surface area (Å²) in [6.45, 7) is 7.81. The van der Waals surface area contributed by atoms with Crippen LogP contribution in [0.1, 0.15) is 24.0 Å². The number of amides is 3. The van der Waals surface area contributed by atoms with Gasteiger partial charge in [-0.2, -0.15) is 0 Å². The van der Waals surface area contributed by atoms with Crippen molar-refractivity contribution in [3.8, 4) is 0 Å². The van der Waals surface area contributed by atoms with Gasteiger partial charge in [0.2, 0.25) is 5.91 Å². The molecule has 0 aliphatic carbocycles. The van der Waals surface area contributed by atoms with Crippen molar-refractivity contribution in [3.05, 3.63) is 27.7 Å². The number of hydrogen-bond donors (Lipinski definition) is 1. The van der Waals surface area contributed by atoms with Crippen molar-refractivity contribution in [2.24, 2.45) is 5.92 Å². The summed E-state index contributed by atoms with van der Waals surface area (Å²) in [6, 6.07) is 3.90. The largest absolute Gasteiger partial charge is 0.378 e. The van der Waals surface area contributed by atoms with Crippen LogP contribution in [-0.4, -0.2) is 61.1 Å². The Bertz CT molecular complexity index is 658. The van der Waals surface area contributed by atoms with Crippen LogP contribution in [0.4, 0.5) is 10.5 Å². The van der Waals surface area contributed by atoms with Gasteiger partial charge in [0.25, 0.3) is 0 Å². The van der Waals surface area contributed by atoms with Gasteiger partial charge in [0, 0.05) is 42.3 Å². The number of carbonyl (C=O) groups is 2. The molecule has 0 bridgehead atoms. The van der Waals surface area contributed by atoms with E-state index in [1.807, 2.05) is 35.8 Å². The molecule has 1 aromatic carbocycles. The van der Waals surface area contributed by atoms with Crippen LogP contribution in [0.2, 0.25) is 0 Å². The van der Waals surface area contributed by atoms with Gasteiger partial charge in [-0.3, -0.25) is 4.79 Å². The molecule has 1 N–H and O–H groups in total. The lowest BCUT2D eigenvalue weighted by Crippen LogP contribution is -2.48. The molecule has 7 heteroatoms. The van der Waals surface area contributed by atoms with Crippen LogP contribution in [0, 0.1) is 19.8 Å².